The van der Waals surface area contributed by atoms with Crippen molar-refractivity contribution in [1.82, 2.24) is 0 Å². The molecule has 0 rings (SSSR count). The Hall–Kier alpha value is -0.700. The zero-order chi connectivity index (χ0) is 12.2. The summed E-state index contributed by atoms with van der Waals surface area (Å²) in [5.74, 6) is -0.833. The van der Waals surface area contributed by atoms with Gasteiger partial charge < -0.3 is 15.3 Å². The molecule has 0 aliphatic rings. The third-order valence-electron chi connectivity index (χ3n) is 0.316. The molecule has 0 aromatic carbocycles. The molecule has 88 valence electrons. The third-order valence-corrected chi connectivity index (χ3v) is 0.316. The van der Waals surface area contributed by atoms with Gasteiger partial charge in [-0.15, -0.1) is 0 Å². The second kappa shape index (κ2) is 12.3. The summed E-state index contributed by atoms with van der Waals surface area (Å²) in [6.45, 7) is 1.27. The van der Waals surface area contributed by atoms with Crippen molar-refractivity contribution in [3.63, 3.8) is 0 Å². The van der Waals surface area contributed by atoms with Gasteiger partial charge in [0.15, 0.2) is 0 Å². The molecule has 0 bridgehead atoms. The Bertz CT molecular complexity index is 194. The number of aliphatic carboxylic acids is 1. The SMILES string of the molecule is CC(=O)O.CS(=O)(=O)O.OCCCO. The van der Waals surface area contributed by atoms with Crippen LogP contribution in [0, 0.1) is 0 Å². The predicted octanol–water partition coefficient (Wildman–Crippen LogP) is -1.04. The van der Waals surface area contributed by atoms with E-state index in [9.17, 15) is 8.42 Å². The minimum Gasteiger partial charge on any atom is -0.481 e. The smallest absolute Gasteiger partial charge is 0.300 e. The molecule has 0 saturated carbocycles. The molecule has 0 aliphatic heterocycles. The number of hydrogen-bond donors (Lipinski definition) is 4. The molecule has 8 heteroatoms. The normalized spacial score (nSPS) is 8.93. The molecule has 14 heavy (non-hydrogen) atoms. The molecule has 0 amide bonds. The fourth-order valence-corrected chi connectivity index (χ4v) is 0.0707. The van der Waals surface area contributed by atoms with Crippen molar-refractivity contribution in [2.24, 2.45) is 0 Å². The van der Waals surface area contributed by atoms with Gasteiger partial charge in [-0.05, 0) is 6.42 Å². The minimum absolute atomic E-state index is 0.0938. The number of carboxylic acids is 1. The Morgan fingerprint density at radius 1 is 1.21 bits per heavy atom. The zero-order valence-electron chi connectivity index (χ0n) is 8.04. The van der Waals surface area contributed by atoms with E-state index < -0.39 is 16.1 Å². The topological polar surface area (TPSA) is 132 Å². The van der Waals surface area contributed by atoms with Crippen LogP contribution in [0.1, 0.15) is 13.3 Å². The molecule has 4 N–H and O–H groups in total. The van der Waals surface area contributed by atoms with E-state index in [0.717, 1.165) is 6.92 Å². The number of carboxylic acid groups (broad SMARTS) is 1. The molecule has 0 unspecified atom stereocenters. The quantitative estimate of drug-likeness (QED) is 0.447. The van der Waals surface area contributed by atoms with Crippen LogP contribution >= 0.6 is 0 Å². The summed E-state index contributed by atoms with van der Waals surface area (Å²) < 4.78 is 25.9. The van der Waals surface area contributed by atoms with Crippen LogP contribution < -0.4 is 0 Å². The molecular weight excluding hydrogens is 216 g/mol. The minimum atomic E-state index is -3.67. The van der Waals surface area contributed by atoms with E-state index in [1.807, 2.05) is 0 Å². The van der Waals surface area contributed by atoms with E-state index in [1.165, 1.54) is 0 Å². The first-order valence-corrected chi connectivity index (χ1v) is 5.33. The molecule has 0 aromatic heterocycles. The Morgan fingerprint density at radius 2 is 1.36 bits per heavy atom. The molecule has 0 heterocycles. The summed E-state index contributed by atoms with van der Waals surface area (Å²) in [7, 11) is -3.67. The number of aliphatic hydroxyl groups is 2. The number of hydrogen-bond acceptors (Lipinski definition) is 5. The molecule has 0 saturated heterocycles. The van der Waals surface area contributed by atoms with Crippen molar-refractivity contribution in [2.75, 3.05) is 19.5 Å². The molecule has 0 aliphatic carbocycles. The van der Waals surface area contributed by atoms with Gasteiger partial charge >= 0.3 is 0 Å². The standard InChI is InChI=1S/C3H8O2.C2H4O2.CH4O3S/c4-2-1-3-5;1-2(3)4;1-5(2,3)4/h4-5H,1-3H2;1H3,(H,3,4);1H3,(H,2,3,4). The highest BCUT2D eigenvalue weighted by molar-refractivity contribution is 7.85. The van der Waals surface area contributed by atoms with Gasteiger partial charge in [-0.3, -0.25) is 9.35 Å². The van der Waals surface area contributed by atoms with Crippen LogP contribution in [0.15, 0.2) is 0 Å². The summed E-state index contributed by atoms with van der Waals surface area (Å²) in [5.41, 5.74) is 0. The van der Waals surface area contributed by atoms with Gasteiger partial charge in [-0.1, -0.05) is 0 Å². The monoisotopic (exact) mass is 232 g/mol. The van der Waals surface area contributed by atoms with Crippen LogP contribution in [0.25, 0.3) is 0 Å². The van der Waals surface area contributed by atoms with Gasteiger partial charge in [0.05, 0.1) is 6.26 Å². The molecule has 0 spiro atoms. The van der Waals surface area contributed by atoms with E-state index >= 15 is 0 Å². The largest absolute Gasteiger partial charge is 0.481 e. The third kappa shape index (κ3) is 709. The van der Waals surface area contributed by atoms with Crippen LogP contribution in [0.4, 0.5) is 0 Å². The lowest BCUT2D eigenvalue weighted by Gasteiger charge is -1.79. The van der Waals surface area contributed by atoms with Crippen LogP contribution in [0.5, 0.6) is 0 Å². The highest BCUT2D eigenvalue weighted by Crippen LogP contribution is 1.65. The summed E-state index contributed by atoms with van der Waals surface area (Å²) in [6.07, 6.45) is 1.22. The summed E-state index contributed by atoms with van der Waals surface area (Å²) in [6, 6.07) is 0. The maximum Gasteiger partial charge on any atom is 0.300 e. The summed E-state index contributed by atoms with van der Waals surface area (Å²) >= 11 is 0. The van der Waals surface area contributed by atoms with E-state index in [2.05, 4.69) is 0 Å². The van der Waals surface area contributed by atoms with Crippen molar-refractivity contribution >= 4 is 16.1 Å². The highest BCUT2D eigenvalue weighted by atomic mass is 32.2. The van der Waals surface area contributed by atoms with Gasteiger partial charge in [0.25, 0.3) is 16.1 Å². The van der Waals surface area contributed by atoms with Crippen molar-refractivity contribution in [2.45, 2.75) is 13.3 Å². The van der Waals surface area contributed by atoms with E-state index in [1.54, 1.807) is 0 Å². The second-order valence-electron chi connectivity index (χ2n) is 2.05. The van der Waals surface area contributed by atoms with Gasteiger partial charge in [-0.2, -0.15) is 8.42 Å². The van der Waals surface area contributed by atoms with Crippen molar-refractivity contribution in [1.29, 1.82) is 0 Å². The maximum absolute atomic E-state index is 9.19. The van der Waals surface area contributed by atoms with Crippen molar-refractivity contribution in [3.05, 3.63) is 0 Å². The van der Waals surface area contributed by atoms with Gasteiger partial charge in [0.2, 0.25) is 0 Å². The summed E-state index contributed by atoms with van der Waals surface area (Å²) in [5, 5.41) is 23.2. The average molecular weight is 232 g/mol. The lowest BCUT2D eigenvalue weighted by Crippen LogP contribution is -1.88. The van der Waals surface area contributed by atoms with Crippen LogP contribution in [0.3, 0.4) is 0 Å². The van der Waals surface area contributed by atoms with Crippen LogP contribution in [-0.4, -0.2) is 53.7 Å². The maximum atomic E-state index is 9.19. The highest BCUT2D eigenvalue weighted by Gasteiger charge is 1.81. The molecule has 0 aromatic rings. The molecular formula is C6H16O7S. The molecule has 7 nitrogen and oxygen atoms in total. The Labute approximate surface area is 82.7 Å². The lowest BCUT2D eigenvalue weighted by molar-refractivity contribution is -0.134. The predicted molar refractivity (Wildman–Crippen MR) is 49.6 cm³/mol. The van der Waals surface area contributed by atoms with Crippen LogP contribution in [0.2, 0.25) is 0 Å². The van der Waals surface area contributed by atoms with Crippen LogP contribution in [-0.2, 0) is 14.9 Å². The average Bonchev–Trinajstić information content (AvgIpc) is 1.83. The Morgan fingerprint density at radius 3 is 1.36 bits per heavy atom. The first-order valence-electron chi connectivity index (χ1n) is 3.48. The molecule has 0 fully saturated rings. The van der Waals surface area contributed by atoms with Gasteiger partial charge in [-0.25, -0.2) is 0 Å². The number of carbonyl (C=O) groups is 1. The molecule has 0 atom stereocenters. The van der Waals surface area contributed by atoms with Gasteiger partial charge in [0.1, 0.15) is 0 Å². The molecule has 0 radical (unpaired) electrons. The van der Waals surface area contributed by atoms with Crippen molar-refractivity contribution in [3.8, 4) is 0 Å². The second-order valence-corrected chi connectivity index (χ2v) is 3.52. The fourth-order valence-electron chi connectivity index (χ4n) is 0.0707. The number of rotatable bonds is 2. The fraction of sp³-hybridized carbons (Fsp3) is 0.833. The number of aliphatic hydroxyl groups excluding tert-OH is 2. The Kier molecular flexibility index (Phi) is 16.7. The first kappa shape index (κ1) is 19.0. The van der Waals surface area contributed by atoms with Gasteiger partial charge in [0, 0.05) is 20.1 Å². The lowest BCUT2D eigenvalue weighted by atomic mass is 10.5. The Balaban J connectivity index is -0.000000131. The zero-order valence-corrected chi connectivity index (χ0v) is 8.86. The summed E-state index contributed by atoms with van der Waals surface area (Å²) in [4.78, 5) is 9.00. The van der Waals surface area contributed by atoms with E-state index in [-0.39, 0.29) is 13.2 Å². The van der Waals surface area contributed by atoms with E-state index in [4.69, 9.17) is 24.7 Å². The first-order chi connectivity index (χ1) is 6.15. The van der Waals surface area contributed by atoms with E-state index in [0.29, 0.717) is 12.7 Å². The van der Waals surface area contributed by atoms with Crippen molar-refractivity contribution < 1.29 is 33.1 Å².